The van der Waals surface area contributed by atoms with E-state index in [4.69, 9.17) is 0 Å². The second kappa shape index (κ2) is 1.69. The average Bonchev–Trinajstić information content (AvgIpc) is 2.40. The van der Waals surface area contributed by atoms with Gasteiger partial charge in [-0.05, 0) is 5.41 Å². The van der Waals surface area contributed by atoms with Crippen LogP contribution in [0, 0.1) is 5.41 Å². The monoisotopic (exact) mass is 131 g/mol. The molecule has 0 amide bonds. The van der Waals surface area contributed by atoms with E-state index < -0.39 is 0 Å². The van der Waals surface area contributed by atoms with Crippen molar-refractivity contribution in [3.8, 4) is 0 Å². The lowest BCUT2D eigenvalue weighted by molar-refractivity contribution is 0.234. The van der Waals surface area contributed by atoms with Crippen LogP contribution >= 0.6 is 0 Å². The SMILES string of the molecule is CC(C)(C)C1(CF)CN1. The molecular formula is C7H14FN. The van der Waals surface area contributed by atoms with Crippen LogP contribution < -0.4 is 5.32 Å². The summed E-state index contributed by atoms with van der Waals surface area (Å²) in [5, 5.41) is 3.06. The third-order valence-corrected chi connectivity index (χ3v) is 2.27. The molecule has 1 atom stereocenters. The Morgan fingerprint density at radius 3 is 2.00 bits per heavy atom. The number of rotatable bonds is 1. The third-order valence-electron chi connectivity index (χ3n) is 2.27. The van der Waals surface area contributed by atoms with Gasteiger partial charge in [0.05, 0.1) is 5.54 Å². The van der Waals surface area contributed by atoms with E-state index in [0.717, 1.165) is 6.54 Å². The number of hydrogen-bond acceptors (Lipinski definition) is 1. The van der Waals surface area contributed by atoms with Crippen molar-refractivity contribution in [1.82, 2.24) is 5.32 Å². The first-order valence-electron chi connectivity index (χ1n) is 3.33. The summed E-state index contributed by atoms with van der Waals surface area (Å²) in [5.41, 5.74) is -0.116. The molecule has 54 valence electrons. The molecule has 1 rings (SSSR count). The summed E-state index contributed by atoms with van der Waals surface area (Å²) >= 11 is 0. The summed E-state index contributed by atoms with van der Waals surface area (Å²) in [6, 6.07) is 0. The maximum Gasteiger partial charge on any atom is 0.109 e. The van der Waals surface area contributed by atoms with Crippen molar-refractivity contribution in [3.63, 3.8) is 0 Å². The molecule has 0 spiro atoms. The smallest absolute Gasteiger partial charge is 0.109 e. The number of hydrogen-bond donors (Lipinski definition) is 1. The average molecular weight is 131 g/mol. The lowest BCUT2D eigenvalue weighted by Crippen LogP contribution is -2.35. The summed E-state index contributed by atoms with van der Waals surface area (Å²) in [6.45, 7) is 6.79. The quantitative estimate of drug-likeness (QED) is 0.533. The van der Waals surface area contributed by atoms with Gasteiger partial charge in [-0.2, -0.15) is 0 Å². The zero-order chi connectivity index (χ0) is 7.12. The third kappa shape index (κ3) is 0.960. The Kier molecular flexibility index (Phi) is 1.31. The van der Waals surface area contributed by atoms with Crippen LogP contribution in [0.3, 0.4) is 0 Å². The van der Waals surface area contributed by atoms with Crippen molar-refractivity contribution in [2.45, 2.75) is 26.3 Å². The van der Waals surface area contributed by atoms with Gasteiger partial charge in [-0.1, -0.05) is 20.8 Å². The molecule has 1 aliphatic heterocycles. The van der Waals surface area contributed by atoms with Crippen molar-refractivity contribution in [1.29, 1.82) is 0 Å². The van der Waals surface area contributed by atoms with E-state index in [2.05, 4.69) is 26.1 Å². The van der Waals surface area contributed by atoms with Gasteiger partial charge < -0.3 is 5.32 Å². The van der Waals surface area contributed by atoms with Gasteiger partial charge in [0.1, 0.15) is 6.67 Å². The first-order chi connectivity index (χ1) is 4.02. The molecule has 2 heteroatoms. The summed E-state index contributed by atoms with van der Waals surface area (Å²) in [6.07, 6.45) is 0. The maximum atomic E-state index is 12.3. The van der Waals surface area contributed by atoms with Crippen LogP contribution in [0.2, 0.25) is 0 Å². The van der Waals surface area contributed by atoms with Crippen molar-refractivity contribution in [2.75, 3.05) is 13.2 Å². The second-order valence-electron chi connectivity index (χ2n) is 3.82. The fourth-order valence-corrected chi connectivity index (χ4v) is 0.932. The lowest BCUT2D eigenvalue weighted by atomic mass is 9.81. The minimum Gasteiger partial charge on any atom is -0.305 e. The molecule has 0 aliphatic carbocycles. The molecule has 0 aromatic heterocycles. The van der Waals surface area contributed by atoms with E-state index in [0.29, 0.717) is 0 Å². The molecule has 0 saturated carbocycles. The predicted molar refractivity (Wildman–Crippen MR) is 36.2 cm³/mol. The Hall–Kier alpha value is -0.110. The van der Waals surface area contributed by atoms with E-state index in [-0.39, 0.29) is 17.6 Å². The molecule has 1 fully saturated rings. The highest BCUT2D eigenvalue weighted by atomic mass is 19.1. The Bertz CT molecular complexity index is 111. The predicted octanol–water partition coefficient (Wildman–Crippen LogP) is 1.34. The van der Waals surface area contributed by atoms with E-state index in [9.17, 15) is 4.39 Å². The van der Waals surface area contributed by atoms with Crippen LogP contribution in [0.25, 0.3) is 0 Å². The minimum absolute atomic E-state index is 0.0712. The molecule has 0 aromatic rings. The highest BCUT2D eigenvalue weighted by molar-refractivity contribution is 5.11. The molecule has 1 nitrogen and oxygen atoms in total. The van der Waals surface area contributed by atoms with Crippen molar-refractivity contribution in [2.24, 2.45) is 5.41 Å². The summed E-state index contributed by atoms with van der Waals surface area (Å²) in [7, 11) is 0. The van der Waals surface area contributed by atoms with E-state index >= 15 is 0 Å². The summed E-state index contributed by atoms with van der Waals surface area (Å²) in [4.78, 5) is 0. The second-order valence-corrected chi connectivity index (χ2v) is 3.82. The zero-order valence-corrected chi connectivity index (χ0v) is 6.29. The van der Waals surface area contributed by atoms with Crippen molar-refractivity contribution >= 4 is 0 Å². The van der Waals surface area contributed by atoms with Gasteiger partial charge in [0.25, 0.3) is 0 Å². The molecule has 1 unspecified atom stereocenters. The van der Waals surface area contributed by atoms with Gasteiger partial charge in [0, 0.05) is 6.54 Å². The Morgan fingerprint density at radius 1 is 1.56 bits per heavy atom. The standard InChI is InChI=1S/C7H14FN/c1-6(2,3)7(4-8)5-9-7/h9H,4-5H2,1-3H3. The first kappa shape index (κ1) is 7.00. The van der Waals surface area contributed by atoms with Gasteiger partial charge in [-0.3, -0.25) is 0 Å². The molecular weight excluding hydrogens is 117 g/mol. The molecule has 1 N–H and O–H groups in total. The Labute approximate surface area is 55.6 Å². The summed E-state index contributed by atoms with van der Waals surface area (Å²) < 4.78 is 12.3. The number of nitrogens with one attached hydrogen (secondary N) is 1. The normalized spacial score (nSPS) is 34.7. The topological polar surface area (TPSA) is 21.9 Å². The lowest BCUT2D eigenvalue weighted by Gasteiger charge is -2.26. The fraction of sp³-hybridized carbons (Fsp3) is 1.00. The van der Waals surface area contributed by atoms with Crippen molar-refractivity contribution < 1.29 is 4.39 Å². The highest BCUT2D eigenvalue weighted by Gasteiger charge is 2.51. The minimum atomic E-state index is -0.240. The molecule has 0 aromatic carbocycles. The van der Waals surface area contributed by atoms with Crippen LogP contribution in [-0.4, -0.2) is 18.8 Å². The van der Waals surface area contributed by atoms with Gasteiger partial charge >= 0.3 is 0 Å². The zero-order valence-electron chi connectivity index (χ0n) is 6.29. The van der Waals surface area contributed by atoms with Crippen LogP contribution in [0.1, 0.15) is 20.8 Å². The molecule has 1 heterocycles. The maximum absolute atomic E-state index is 12.3. The molecule has 1 aliphatic rings. The van der Waals surface area contributed by atoms with Gasteiger partial charge in [0.15, 0.2) is 0 Å². The van der Waals surface area contributed by atoms with Crippen LogP contribution in [0.4, 0.5) is 4.39 Å². The number of alkyl halides is 1. The first-order valence-corrected chi connectivity index (χ1v) is 3.33. The number of halogens is 1. The van der Waals surface area contributed by atoms with E-state index in [1.807, 2.05) is 0 Å². The highest BCUT2D eigenvalue weighted by Crippen LogP contribution is 2.37. The molecule has 0 radical (unpaired) electrons. The van der Waals surface area contributed by atoms with Gasteiger partial charge in [-0.15, -0.1) is 0 Å². The Balaban J connectivity index is 2.60. The molecule has 9 heavy (non-hydrogen) atoms. The van der Waals surface area contributed by atoms with Gasteiger partial charge in [0.2, 0.25) is 0 Å². The largest absolute Gasteiger partial charge is 0.305 e. The van der Waals surface area contributed by atoms with Crippen LogP contribution in [0.5, 0.6) is 0 Å². The van der Waals surface area contributed by atoms with Crippen molar-refractivity contribution in [3.05, 3.63) is 0 Å². The Morgan fingerprint density at radius 2 is 2.00 bits per heavy atom. The van der Waals surface area contributed by atoms with E-state index in [1.54, 1.807) is 0 Å². The molecule has 1 saturated heterocycles. The van der Waals surface area contributed by atoms with Crippen LogP contribution in [0.15, 0.2) is 0 Å². The molecule has 0 bridgehead atoms. The van der Waals surface area contributed by atoms with E-state index in [1.165, 1.54) is 0 Å². The summed E-state index contributed by atoms with van der Waals surface area (Å²) in [5.74, 6) is 0. The van der Waals surface area contributed by atoms with Crippen LogP contribution in [-0.2, 0) is 0 Å². The fourth-order valence-electron chi connectivity index (χ4n) is 0.932. The van der Waals surface area contributed by atoms with Gasteiger partial charge in [-0.25, -0.2) is 4.39 Å².